The summed E-state index contributed by atoms with van der Waals surface area (Å²) in [5.41, 5.74) is -0.717. The molecule has 4 saturated carbocycles. The SMILES string of the molecule is C[C@H](CCC(=O)O)[C@H]1CC[C@H]2[C@@H]3C(O)CC4CC(O)CC[C@]4(C)[C@H]3CC(OS(=O)(=O)O)[C@]12C. The van der Waals surface area contributed by atoms with Crippen molar-refractivity contribution in [3.63, 3.8) is 0 Å². The molecule has 4 aliphatic carbocycles. The van der Waals surface area contributed by atoms with Gasteiger partial charge in [-0.2, -0.15) is 8.42 Å². The molecule has 4 fully saturated rings. The van der Waals surface area contributed by atoms with E-state index in [1.54, 1.807) is 0 Å². The van der Waals surface area contributed by atoms with Gasteiger partial charge in [-0.25, -0.2) is 4.18 Å². The van der Waals surface area contributed by atoms with Gasteiger partial charge in [0.2, 0.25) is 0 Å². The summed E-state index contributed by atoms with van der Waals surface area (Å²) in [6.45, 7) is 6.28. The molecule has 0 aromatic rings. The lowest BCUT2D eigenvalue weighted by atomic mass is 9.43. The maximum absolute atomic E-state index is 11.9. The van der Waals surface area contributed by atoms with Crippen LogP contribution in [0.1, 0.15) is 78.6 Å². The summed E-state index contributed by atoms with van der Waals surface area (Å²) in [5.74, 6) is -0.521. The second kappa shape index (κ2) is 8.73. The molecule has 0 heterocycles. The molecule has 8 nitrogen and oxygen atoms in total. The Morgan fingerprint density at radius 1 is 1.09 bits per heavy atom. The number of aliphatic hydroxyl groups excluding tert-OH is 2. The van der Waals surface area contributed by atoms with Crippen LogP contribution in [-0.4, -0.2) is 52.6 Å². The Kier molecular flexibility index (Phi) is 6.71. The molecule has 11 atom stereocenters. The van der Waals surface area contributed by atoms with Gasteiger partial charge in [0.15, 0.2) is 0 Å². The topological polar surface area (TPSA) is 141 Å². The average molecular weight is 489 g/mol. The Balaban J connectivity index is 1.71. The number of hydrogen-bond donors (Lipinski definition) is 4. The van der Waals surface area contributed by atoms with Crippen LogP contribution in [-0.2, 0) is 19.4 Å². The van der Waals surface area contributed by atoms with Gasteiger partial charge in [0.05, 0.1) is 18.3 Å². The Hall–Kier alpha value is -0.740. The lowest BCUT2D eigenvalue weighted by molar-refractivity contribution is -0.202. The number of carboxylic acids is 1. The number of aliphatic carboxylic acids is 1. The highest BCUT2D eigenvalue weighted by Gasteiger charge is 2.66. The van der Waals surface area contributed by atoms with E-state index in [0.717, 1.165) is 19.3 Å². The molecule has 4 N–H and O–H groups in total. The highest BCUT2D eigenvalue weighted by molar-refractivity contribution is 7.80. The van der Waals surface area contributed by atoms with Crippen LogP contribution in [0.25, 0.3) is 0 Å². The Morgan fingerprint density at radius 3 is 2.42 bits per heavy atom. The third kappa shape index (κ3) is 4.37. The van der Waals surface area contributed by atoms with Crippen LogP contribution in [0.3, 0.4) is 0 Å². The minimum Gasteiger partial charge on any atom is -0.481 e. The molecule has 190 valence electrons. The van der Waals surface area contributed by atoms with Crippen LogP contribution in [0.5, 0.6) is 0 Å². The van der Waals surface area contributed by atoms with E-state index < -0.39 is 34.0 Å². The fourth-order valence-corrected chi connectivity index (χ4v) is 9.53. The number of fused-ring (bicyclic) bond motifs is 5. The zero-order chi connectivity index (χ0) is 24.3. The molecule has 4 unspecified atom stereocenters. The molecule has 0 bridgehead atoms. The Labute approximate surface area is 197 Å². The van der Waals surface area contributed by atoms with Crippen molar-refractivity contribution in [3.05, 3.63) is 0 Å². The Bertz CT molecular complexity index is 861. The van der Waals surface area contributed by atoms with Gasteiger partial charge in [0.25, 0.3) is 0 Å². The first-order valence-electron chi connectivity index (χ1n) is 12.5. The molecular formula is C24H40O8S. The van der Waals surface area contributed by atoms with Crippen LogP contribution in [0.4, 0.5) is 0 Å². The lowest BCUT2D eigenvalue weighted by Crippen LogP contribution is -2.63. The maximum atomic E-state index is 11.9. The van der Waals surface area contributed by atoms with Crippen LogP contribution in [0.15, 0.2) is 0 Å². The molecule has 0 saturated heterocycles. The van der Waals surface area contributed by atoms with Crippen LogP contribution < -0.4 is 0 Å². The van der Waals surface area contributed by atoms with E-state index in [9.17, 15) is 28.0 Å². The zero-order valence-electron chi connectivity index (χ0n) is 19.9. The predicted molar refractivity (Wildman–Crippen MR) is 120 cm³/mol. The zero-order valence-corrected chi connectivity index (χ0v) is 20.7. The largest absolute Gasteiger partial charge is 0.481 e. The number of hydrogen-bond acceptors (Lipinski definition) is 6. The molecule has 0 aliphatic heterocycles. The van der Waals surface area contributed by atoms with E-state index in [1.807, 2.05) is 13.8 Å². The second-order valence-corrected chi connectivity index (χ2v) is 13.0. The summed E-state index contributed by atoms with van der Waals surface area (Å²) in [7, 11) is -4.68. The van der Waals surface area contributed by atoms with E-state index in [4.69, 9.17) is 9.29 Å². The highest BCUT2D eigenvalue weighted by Crippen LogP contribution is 2.69. The van der Waals surface area contributed by atoms with Gasteiger partial charge in [-0.15, -0.1) is 0 Å². The minimum atomic E-state index is -4.68. The first-order chi connectivity index (χ1) is 15.3. The van der Waals surface area contributed by atoms with Gasteiger partial charge >= 0.3 is 16.4 Å². The van der Waals surface area contributed by atoms with Crippen molar-refractivity contribution >= 4 is 16.4 Å². The van der Waals surface area contributed by atoms with Gasteiger partial charge in [-0.3, -0.25) is 9.35 Å². The van der Waals surface area contributed by atoms with E-state index in [0.29, 0.717) is 32.1 Å². The summed E-state index contributed by atoms with van der Waals surface area (Å²) in [6.07, 6.45) is 3.83. The summed E-state index contributed by atoms with van der Waals surface area (Å²) < 4.78 is 38.9. The lowest BCUT2D eigenvalue weighted by Gasteiger charge is -2.63. The third-order valence-corrected chi connectivity index (χ3v) is 11.0. The number of carboxylic acid groups (broad SMARTS) is 1. The molecule has 4 rings (SSSR count). The van der Waals surface area contributed by atoms with Crippen molar-refractivity contribution in [2.75, 3.05) is 0 Å². The summed E-state index contributed by atoms with van der Waals surface area (Å²) >= 11 is 0. The number of carbonyl (C=O) groups is 1. The average Bonchev–Trinajstić information content (AvgIpc) is 3.05. The molecule has 9 heteroatoms. The summed E-state index contributed by atoms with van der Waals surface area (Å²) in [6, 6.07) is 0. The molecule has 33 heavy (non-hydrogen) atoms. The van der Waals surface area contributed by atoms with Gasteiger partial charge in [-0.1, -0.05) is 20.8 Å². The highest BCUT2D eigenvalue weighted by atomic mass is 32.3. The quantitative estimate of drug-likeness (QED) is 0.417. The first-order valence-corrected chi connectivity index (χ1v) is 13.9. The van der Waals surface area contributed by atoms with Crippen molar-refractivity contribution in [1.82, 2.24) is 0 Å². The van der Waals surface area contributed by atoms with Crippen molar-refractivity contribution in [2.24, 2.45) is 46.3 Å². The smallest absolute Gasteiger partial charge is 0.397 e. The summed E-state index contributed by atoms with van der Waals surface area (Å²) in [5, 5.41) is 30.8. The fourth-order valence-electron chi connectivity index (χ4n) is 8.95. The van der Waals surface area contributed by atoms with Crippen LogP contribution >= 0.6 is 0 Å². The first kappa shape index (κ1) is 25.4. The van der Waals surface area contributed by atoms with Crippen LogP contribution in [0, 0.1) is 46.3 Å². The van der Waals surface area contributed by atoms with Gasteiger partial charge < -0.3 is 15.3 Å². The second-order valence-electron chi connectivity index (χ2n) is 11.9. The van der Waals surface area contributed by atoms with Gasteiger partial charge in [0, 0.05) is 11.8 Å². The van der Waals surface area contributed by atoms with Crippen molar-refractivity contribution in [1.29, 1.82) is 0 Å². The molecule has 0 amide bonds. The van der Waals surface area contributed by atoms with Gasteiger partial charge in [-0.05, 0) is 92.3 Å². The minimum absolute atomic E-state index is 0.00409. The molecular weight excluding hydrogens is 448 g/mol. The monoisotopic (exact) mass is 488 g/mol. The molecule has 0 radical (unpaired) electrons. The molecule has 0 spiro atoms. The maximum Gasteiger partial charge on any atom is 0.397 e. The van der Waals surface area contributed by atoms with E-state index in [-0.39, 0.29) is 53.4 Å². The standard InChI is InChI=1S/C24H40O8S/c1-13(4-7-21(27)28)16-5-6-17-22-18(12-20(24(16,17)3)32-33(29,30)31)23(2)9-8-15(25)10-14(23)11-19(22)26/h13-20,22,25-26H,4-12H2,1-3H3,(H,27,28)(H,29,30,31)/t13-,14?,15?,16-,17+,18+,19?,20?,22+,23+,24-/m1/s1. The fraction of sp³-hybridized carbons (Fsp3) is 0.958. The van der Waals surface area contributed by atoms with Crippen molar-refractivity contribution in [2.45, 2.75) is 96.9 Å². The molecule has 0 aromatic heterocycles. The third-order valence-electron chi connectivity index (χ3n) is 10.5. The van der Waals surface area contributed by atoms with E-state index >= 15 is 0 Å². The number of rotatable bonds is 6. The van der Waals surface area contributed by atoms with E-state index in [1.165, 1.54) is 0 Å². The molecule has 0 aromatic carbocycles. The normalized spacial score (nSPS) is 48.4. The molecule has 4 aliphatic rings. The van der Waals surface area contributed by atoms with E-state index in [2.05, 4.69) is 6.92 Å². The Morgan fingerprint density at radius 2 is 1.79 bits per heavy atom. The number of aliphatic hydroxyl groups is 2. The predicted octanol–water partition coefficient (Wildman–Crippen LogP) is 3.28. The van der Waals surface area contributed by atoms with Crippen molar-refractivity contribution < 1.29 is 37.3 Å². The van der Waals surface area contributed by atoms with Crippen molar-refractivity contribution in [3.8, 4) is 0 Å². The summed E-state index contributed by atoms with van der Waals surface area (Å²) in [4.78, 5) is 11.2. The van der Waals surface area contributed by atoms with Crippen LogP contribution in [0.2, 0.25) is 0 Å². The van der Waals surface area contributed by atoms with Gasteiger partial charge in [0.1, 0.15) is 0 Å².